The van der Waals surface area contributed by atoms with Gasteiger partial charge in [-0.2, -0.15) is 0 Å². The molecule has 4 heteroatoms. The third-order valence-electron chi connectivity index (χ3n) is 2.40. The highest BCUT2D eigenvalue weighted by molar-refractivity contribution is 5.87. The van der Waals surface area contributed by atoms with Gasteiger partial charge >= 0.3 is 5.97 Å². The monoisotopic (exact) mass is 185 g/mol. The molecule has 13 heavy (non-hydrogen) atoms. The van der Waals surface area contributed by atoms with Crippen LogP contribution < -0.4 is 5.32 Å². The van der Waals surface area contributed by atoms with E-state index in [0.717, 1.165) is 0 Å². The summed E-state index contributed by atoms with van der Waals surface area (Å²) in [5.41, 5.74) is -0.607. The number of amides is 1. The van der Waals surface area contributed by atoms with Crippen molar-refractivity contribution in [2.24, 2.45) is 5.41 Å². The molecule has 1 aliphatic rings. The lowest BCUT2D eigenvalue weighted by Crippen LogP contribution is -2.59. The molecule has 1 saturated heterocycles. The molecule has 0 spiro atoms. The molecule has 1 atom stereocenters. The van der Waals surface area contributed by atoms with Crippen LogP contribution in [0.4, 0.5) is 0 Å². The van der Waals surface area contributed by atoms with Crippen LogP contribution in [0, 0.1) is 5.41 Å². The summed E-state index contributed by atoms with van der Waals surface area (Å²) in [6.07, 6.45) is 0.422. The maximum absolute atomic E-state index is 11.4. The van der Waals surface area contributed by atoms with Gasteiger partial charge in [0.1, 0.15) is 0 Å². The van der Waals surface area contributed by atoms with Gasteiger partial charge in [-0.15, -0.1) is 0 Å². The molecule has 0 aromatic carbocycles. The molecule has 0 bridgehead atoms. The summed E-state index contributed by atoms with van der Waals surface area (Å²) < 4.78 is 4.91. The van der Waals surface area contributed by atoms with Gasteiger partial charge in [-0.25, -0.2) is 0 Å². The number of esters is 1. The van der Waals surface area contributed by atoms with Crippen molar-refractivity contribution in [2.45, 2.75) is 33.2 Å². The van der Waals surface area contributed by atoms with Gasteiger partial charge in [-0.3, -0.25) is 9.59 Å². The van der Waals surface area contributed by atoms with E-state index in [0.29, 0.717) is 13.0 Å². The van der Waals surface area contributed by atoms with Gasteiger partial charge in [-0.05, 0) is 20.8 Å². The zero-order valence-corrected chi connectivity index (χ0v) is 8.22. The van der Waals surface area contributed by atoms with Crippen LogP contribution in [0.1, 0.15) is 27.2 Å². The number of carbonyl (C=O) groups excluding carboxylic acids is 2. The maximum atomic E-state index is 11.4. The highest BCUT2D eigenvalue weighted by atomic mass is 16.5. The van der Waals surface area contributed by atoms with Gasteiger partial charge in [0.05, 0.1) is 18.1 Å². The van der Waals surface area contributed by atoms with Crippen LogP contribution in [-0.4, -0.2) is 24.5 Å². The predicted molar refractivity (Wildman–Crippen MR) is 47.0 cm³/mol. The van der Waals surface area contributed by atoms with E-state index < -0.39 is 5.41 Å². The first-order valence-corrected chi connectivity index (χ1v) is 4.45. The van der Waals surface area contributed by atoms with E-state index in [9.17, 15) is 9.59 Å². The molecule has 1 unspecified atom stereocenters. The normalized spacial score (nSPS) is 21.8. The van der Waals surface area contributed by atoms with E-state index in [-0.39, 0.29) is 17.9 Å². The summed E-state index contributed by atoms with van der Waals surface area (Å²) in [7, 11) is 0. The molecule has 4 nitrogen and oxygen atoms in total. The van der Waals surface area contributed by atoms with Crippen molar-refractivity contribution in [1.29, 1.82) is 0 Å². The van der Waals surface area contributed by atoms with Gasteiger partial charge in [0.2, 0.25) is 5.91 Å². The van der Waals surface area contributed by atoms with Crippen molar-refractivity contribution in [3.63, 3.8) is 0 Å². The van der Waals surface area contributed by atoms with Crippen LogP contribution in [0.2, 0.25) is 0 Å². The van der Waals surface area contributed by atoms with Gasteiger partial charge in [-0.1, -0.05) is 0 Å². The van der Waals surface area contributed by atoms with Crippen LogP contribution in [0.25, 0.3) is 0 Å². The molecule has 1 rings (SSSR count). The molecule has 1 fully saturated rings. The molecule has 1 N–H and O–H groups in total. The zero-order valence-electron chi connectivity index (χ0n) is 8.22. The van der Waals surface area contributed by atoms with Crippen LogP contribution >= 0.6 is 0 Å². The molecule has 1 amide bonds. The van der Waals surface area contributed by atoms with Crippen molar-refractivity contribution >= 4 is 11.9 Å². The highest BCUT2D eigenvalue weighted by Gasteiger charge is 2.44. The highest BCUT2D eigenvalue weighted by Crippen LogP contribution is 2.29. The lowest BCUT2D eigenvalue weighted by molar-refractivity contribution is -0.158. The topological polar surface area (TPSA) is 55.4 Å². The minimum absolute atomic E-state index is 0.00220. The second-order valence-corrected chi connectivity index (χ2v) is 3.77. The smallest absolute Gasteiger partial charge is 0.313 e. The van der Waals surface area contributed by atoms with Crippen molar-refractivity contribution < 1.29 is 14.3 Å². The molecule has 0 aromatic rings. The SMILES string of the molecule is CCOC(=O)C(C)(C)C1CC(=O)N1. The van der Waals surface area contributed by atoms with Gasteiger partial charge in [0.15, 0.2) is 0 Å². The molecule has 0 radical (unpaired) electrons. The van der Waals surface area contributed by atoms with Crippen molar-refractivity contribution in [2.75, 3.05) is 6.61 Å². The fourth-order valence-corrected chi connectivity index (χ4v) is 1.25. The summed E-state index contributed by atoms with van der Waals surface area (Å²) >= 11 is 0. The fourth-order valence-electron chi connectivity index (χ4n) is 1.25. The van der Waals surface area contributed by atoms with E-state index in [1.54, 1.807) is 20.8 Å². The van der Waals surface area contributed by atoms with Crippen LogP contribution in [0.3, 0.4) is 0 Å². The molecule has 1 heterocycles. The number of hydrogen-bond acceptors (Lipinski definition) is 3. The van der Waals surface area contributed by atoms with E-state index >= 15 is 0 Å². The van der Waals surface area contributed by atoms with E-state index in [1.807, 2.05) is 0 Å². The van der Waals surface area contributed by atoms with Crippen LogP contribution in [0.5, 0.6) is 0 Å². The molecule has 0 aromatic heterocycles. The Bertz CT molecular complexity index is 227. The fraction of sp³-hybridized carbons (Fsp3) is 0.778. The van der Waals surface area contributed by atoms with Gasteiger partial charge in [0.25, 0.3) is 0 Å². The minimum Gasteiger partial charge on any atom is -0.466 e. The van der Waals surface area contributed by atoms with Crippen LogP contribution in [-0.2, 0) is 14.3 Å². The maximum Gasteiger partial charge on any atom is 0.313 e. The summed E-state index contributed by atoms with van der Waals surface area (Å²) in [6.45, 7) is 5.72. The Labute approximate surface area is 77.6 Å². The average Bonchev–Trinajstić information content (AvgIpc) is 1.99. The quantitative estimate of drug-likeness (QED) is 0.513. The average molecular weight is 185 g/mol. The predicted octanol–water partition coefficient (Wildman–Crippen LogP) is 0.464. The summed E-state index contributed by atoms with van der Waals surface area (Å²) in [6, 6.07) is -0.0703. The number of rotatable bonds is 3. The summed E-state index contributed by atoms with van der Waals surface area (Å²) in [5, 5.41) is 2.68. The Morgan fingerprint density at radius 2 is 2.23 bits per heavy atom. The first-order chi connectivity index (χ1) is 5.98. The Morgan fingerprint density at radius 1 is 1.69 bits per heavy atom. The number of hydrogen-bond donors (Lipinski definition) is 1. The lowest BCUT2D eigenvalue weighted by Gasteiger charge is -2.38. The zero-order chi connectivity index (χ0) is 10.1. The van der Waals surface area contributed by atoms with Gasteiger partial charge in [0, 0.05) is 6.42 Å². The van der Waals surface area contributed by atoms with Crippen molar-refractivity contribution in [3.8, 4) is 0 Å². The third kappa shape index (κ3) is 1.82. The summed E-state index contributed by atoms with van der Waals surface area (Å²) in [5.74, 6) is -0.248. The van der Waals surface area contributed by atoms with E-state index in [4.69, 9.17) is 4.74 Å². The van der Waals surface area contributed by atoms with E-state index in [1.165, 1.54) is 0 Å². The standard InChI is InChI=1S/C9H15NO3/c1-4-13-8(12)9(2,3)6-5-7(11)10-6/h6H,4-5H2,1-3H3,(H,10,11). The Balaban J connectivity index is 2.54. The second-order valence-electron chi connectivity index (χ2n) is 3.77. The minimum atomic E-state index is -0.607. The number of β-lactam (4-membered cyclic amide) rings is 1. The molecular weight excluding hydrogens is 170 g/mol. The molecule has 0 saturated carbocycles. The lowest BCUT2D eigenvalue weighted by atomic mass is 9.79. The number of ether oxygens (including phenoxy) is 1. The Hall–Kier alpha value is -1.06. The van der Waals surface area contributed by atoms with Crippen molar-refractivity contribution in [3.05, 3.63) is 0 Å². The Morgan fingerprint density at radius 3 is 2.62 bits per heavy atom. The van der Waals surface area contributed by atoms with Crippen LogP contribution in [0.15, 0.2) is 0 Å². The first kappa shape index (κ1) is 10.0. The largest absolute Gasteiger partial charge is 0.466 e. The number of nitrogens with one attached hydrogen (secondary N) is 1. The second kappa shape index (κ2) is 3.36. The van der Waals surface area contributed by atoms with Crippen molar-refractivity contribution in [1.82, 2.24) is 5.32 Å². The molecule has 1 aliphatic heterocycles. The van der Waals surface area contributed by atoms with E-state index in [2.05, 4.69) is 5.32 Å². The Kier molecular flexibility index (Phi) is 2.59. The summed E-state index contributed by atoms with van der Waals surface area (Å²) in [4.78, 5) is 22.1. The molecule has 74 valence electrons. The third-order valence-corrected chi connectivity index (χ3v) is 2.40. The van der Waals surface area contributed by atoms with Gasteiger partial charge < -0.3 is 10.1 Å². The molecule has 0 aliphatic carbocycles. The number of carbonyl (C=O) groups is 2. The molecular formula is C9H15NO3. The first-order valence-electron chi connectivity index (χ1n) is 4.45.